The van der Waals surface area contributed by atoms with Crippen LogP contribution in [0.5, 0.6) is 11.5 Å². The van der Waals surface area contributed by atoms with Crippen molar-refractivity contribution in [3.8, 4) is 11.5 Å². The molecule has 3 amide bonds. The van der Waals surface area contributed by atoms with Gasteiger partial charge in [0.1, 0.15) is 11.9 Å². The molecule has 1 saturated heterocycles. The van der Waals surface area contributed by atoms with Gasteiger partial charge in [0.25, 0.3) is 17.7 Å². The molecule has 1 fully saturated rings. The summed E-state index contributed by atoms with van der Waals surface area (Å²) in [5.41, 5.74) is 0.424. The van der Waals surface area contributed by atoms with Gasteiger partial charge in [0.15, 0.2) is 11.5 Å². The normalized spacial score (nSPS) is 18.7. The summed E-state index contributed by atoms with van der Waals surface area (Å²) in [5.74, 6) is -1.95. The van der Waals surface area contributed by atoms with E-state index in [1.807, 2.05) is 0 Å². The van der Waals surface area contributed by atoms with E-state index >= 15 is 0 Å². The molecular weight excluding hydrogens is 569 g/mol. The van der Waals surface area contributed by atoms with Crippen molar-refractivity contribution in [2.45, 2.75) is 12.1 Å². The van der Waals surface area contributed by atoms with Crippen molar-refractivity contribution in [1.82, 2.24) is 4.90 Å². The lowest BCUT2D eigenvalue weighted by atomic mass is 9.86. The number of carbonyl (C=O) groups excluding carboxylic acids is 3. The highest BCUT2D eigenvalue weighted by atomic mass is 35.5. The van der Waals surface area contributed by atoms with E-state index in [9.17, 15) is 18.8 Å². The van der Waals surface area contributed by atoms with E-state index < -0.39 is 35.6 Å². The van der Waals surface area contributed by atoms with Gasteiger partial charge in [0.05, 0.1) is 51.5 Å². The van der Waals surface area contributed by atoms with Crippen molar-refractivity contribution in [2.75, 3.05) is 19.1 Å². The molecule has 0 aromatic heterocycles. The van der Waals surface area contributed by atoms with Crippen LogP contribution in [0.2, 0.25) is 20.1 Å². The maximum atomic E-state index is 13.6. The Labute approximate surface area is 230 Å². The van der Waals surface area contributed by atoms with Gasteiger partial charge in [-0.1, -0.05) is 52.5 Å². The zero-order valence-corrected chi connectivity index (χ0v) is 22.0. The Morgan fingerprint density at radius 1 is 0.703 bits per heavy atom. The molecule has 7 nitrogen and oxygen atoms in total. The van der Waals surface area contributed by atoms with Crippen LogP contribution in [0.1, 0.15) is 32.3 Å². The number of fused-ring (bicyclic) bond motifs is 1. The van der Waals surface area contributed by atoms with Crippen LogP contribution < -0.4 is 14.4 Å². The van der Waals surface area contributed by atoms with Crippen molar-refractivity contribution in [1.29, 1.82) is 0 Å². The van der Waals surface area contributed by atoms with Crippen LogP contribution in [0.25, 0.3) is 0 Å². The van der Waals surface area contributed by atoms with Crippen LogP contribution in [0.4, 0.5) is 10.1 Å². The molecule has 0 saturated carbocycles. The molecule has 0 spiro atoms. The molecular formula is C25H15Cl4FN2O5. The first-order chi connectivity index (χ1) is 17.6. The molecule has 3 aromatic carbocycles. The smallest absolute Gasteiger partial charge is 0.264 e. The number of β-lactam (4-membered cyclic amide) rings is 1. The fourth-order valence-electron chi connectivity index (χ4n) is 4.60. The highest BCUT2D eigenvalue weighted by molar-refractivity contribution is 6.55. The van der Waals surface area contributed by atoms with Crippen molar-refractivity contribution in [3.63, 3.8) is 0 Å². The van der Waals surface area contributed by atoms with Gasteiger partial charge in [-0.2, -0.15) is 0 Å². The number of hydrogen-bond donors (Lipinski definition) is 0. The van der Waals surface area contributed by atoms with Crippen LogP contribution in [-0.2, 0) is 4.79 Å². The van der Waals surface area contributed by atoms with Gasteiger partial charge in [-0.05, 0) is 42.0 Å². The number of carbonyl (C=O) groups is 3. The number of anilines is 1. The van der Waals surface area contributed by atoms with Gasteiger partial charge in [0.2, 0.25) is 0 Å². The van der Waals surface area contributed by atoms with Gasteiger partial charge in [-0.3, -0.25) is 19.3 Å². The molecule has 0 aliphatic carbocycles. The number of amides is 3. The van der Waals surface area contributed by atoms with E-state index in [1.54, 1.807) is 18.2 Å². The van der Waals surface area contributed by atoms with E-state index in [1.165, 1.54) is 43.4 Å². The van der Waals surface area contributed by atoms with Gasteiger partial charge < -0.3 is 14.4 Å². The molecule has 0 N–H and O–H groups in total. The third-order valence-electron chi connectivity index (χ3n) is 6.33. The first-order valence-electron chi connectivity index (χ1n) is 10.7. The summed E-state index contributed by atoms with van der Waals surface area (Å²) >= 11 is 24.8. The topological polar surface area (TPSA) is 76.2 Å². The minimum absolute atomic E-state index is 0.181. The molecule has 0 radical (unpaired) electrons. The lowest BCUT2D eigenvalue weighted by molar-refractivity contribution is -0.130. The second-order valence-corrected chi connectivity index (χ2v) is 9.69. The molecule has 190 valence electrons. The summed E-state index contributed by atoms with van der Waals surface area (Å²) < 4.78 is 24.3. The van der Waals surface area contributed by atoms with E-state index in [0.717, 1.165) is 4.90 Å². The fourth-order valence-corrected chi connectivity index (χ4v) is 5.62. The monoisotopic (exact) mass is 582 g/mol. The average molecular weight is 584 g/mol. The predicted molar refractivity (Wildman–Crippen MR) is 137 cm³/mol. The number of benzene rings is 3. The highest BCUT2D eigenvalue weighted by Crippen LogP contribution is 2.49. The highest BCUT2D eigenvalue weighted by Gasteiger charge is 2.58. The van der Waals surface area contributed by atoms with Crippen molar-refractivity contribution in [2.24, 2.45) is 0 Å². The lowest BCUT2D eigenvalue weighted by Crippen LogP contribution is -2.67. The summed E-state index contributed by atoms with van der Waals surface area (Å²) in [5, 5.41) is -0.840. The molecule has 3 aromatic rings. The molecule has 2 atom stereocenters. The minimum Gasteiger partial charge on any atom is -0.493 e. The first kappa shape index (κ1) is 25.6. The number of methoxy groups -OCH3 is 2. The number of ether oxygens (including phenoxy) is 2. The number of hydrogen-bond acceptors (Lipinski definition) is 5. The number of nitrogens with zero attached hydrogens (tertiary/aromatic N) is 2. The average Bonchev–Trinajstić information content (AvgIpc) is 3.15. The van der Waals surface area contributed by atoms with Gasteiger partial charge in [0, 0.05) is 5.69 Å². The zero-order valence-electron chi connectivity index (χ0n) is 19.0. The summed E-state index contributed by atoms with van der Waals surface area (Å²) in [4.78, 5) is 42.7. The van der Waals surface area contributed by atoms with Crippen molar-refractivity contribution in [3.05, 3.63) is 85.1 Å². The van der Waals surface area contributed by atoms with E-state index in [-0.39, 0.29) is 31.2 Å². The fraction of sp³-hybridized carbons (Fsp3) is 0.160. The summed E-state index contributed by atoms with van der Waals surface area (Å²) in [7, 11) is 2.92. The number of rotatable bonds is 5. The van der Waals surface area contributed by atoms with Gasteiger partial charge >= 0.3 is 0 Å². The maximum Gasteiger partial charge on any atom is 0.264 e. The number of halogens is 5. The van der Waals surface area contributed by atoms with Crippen LogP contribution in [-0.4, -0.2) is 42.9 Å². The third-order valence-corrected chi connectivity index (χ3v) is 8.13. The number of imide groups is 1. The standard InChI is InChI=1S/C25H15Cl4FN2O5/c1-36-13-8-3-10(9-14(13)37-2)21-22(25(35)31(21)12-6-4-11(30)5-7-12)32-23(33)15-16(24(32)34)18(27)20(29)19(28)17(15)26/h3-9,21-22H,1-2H3/t21-,22+/m0/s1. The molecule has 5 rings (SSSR count). The zero-order chi connectivity index (χ0) is 26.8. The quantitative estimate of drug-likeness (QED) is 0.154. The Morgan fingerprint density at radius 3 is 1.76 bits per heavy atom. The Balaban J connectivity index is 1.65. The third kappa shape index (κ3) is 3.74. The summed E-state index contributed by atoms with van der Waals surface area (Å²) in [6.07, 6.45) is 0. The van der Waals surface area contributed by atoms with Crippen LogP contribution >= 0.6 is 46.4 Å². The largest absolute Gasteiger partial charge is 0.493 e. The van der Waals surface area contributed by atoms with E-state index in [0.29, 0.717) is 22.7 Å². The van der Waals surface area contributed by atoms with Gasteiger partial charge in [-0.15, -0.1) is 0 Å². The van der Waals surface area contributed by atoms with Gasteiger partial charge in [-0.25, -0.2) is 4.39 Å². The Morgan fingerprint density at radius 2 is 1.24 bits per heavy atom. The maximum absolute atomic E-state index is 13.6. The minimum atomic E-state index is -1.28. The first-order valence-corrected chi connectivity index (χ1v) is 12.2. The van der Waals surface area contributed by atoms with Crippen LogP contribution in [0.15, 0.2) is 42.5 Å². The van der Waals surface area contributed by atoms with E-state index in [4.69, 9.17) is 55.9 Å². The second-order valence-electron chi connectivity index (χ2n) is 8.17. The predicted octanol–water partition coefficient (Wildman–Crippen LogP) is 6.21. The van der Waals surface area contributed by atoms with Crippen LogP contribution in [0.3, 0.4) is 0 Å². The van der Waals surface area contributed by atoms with E-state index in [2.05, 4.69) is 0 Å². The summed E-state index contributed by atoms with van der Waals surface area (Å²) in [6, 6.07) is 8.05. The van der Waals surface area contributed by atoms with Crippen LogP contribution in [0, 0.1) is 5.82 Å². The molecule has 2 aliphatic heterocycles. The van der Waals surface area contributed by atoms with Crippen molar-refractivity contribution >= 4 is 69.8 Å². The molecule has 37 heavy (non-hydrogen) atoms. The molecule has 2 heterocycles. The Hall–Kier alpha value is -3.04. The Bertz CT molecular complexity index is 1450. The SMILES string of the molecule is COc1ccc([C@H]2[C@@H](N3C(=O)c4c(Cl)c(Cl)c(Cl)c(Cl)c4C3=O)C(=O)N2c2ccc(F)cc2)cc1OC. The molecule has 0 bridgehead atoms. The molecule has 2 aliphatic rings. The van der Waals surface area contributed by atoms with Crippen molar-refractivity contribution < 1.29 is 28.2 Å². The lowest BCUT2D eigenvalue weighted by Gasteiger charge is -2.49. The Kier molecular flexibility index (Phi) is 6.48. The summed E-state index contributed by atoms with van der Waals surface area (Å²) in [6.45, 7) is 0. The molecule has 0 unspecified atom stereocenters. The second kappa shape index (κ2) is 9.36. The molecule has 12 heteroatoms.